The highest BCUT2D eigenvalue weighted by molar-refractivity contribution is 6.62. The van der Waals surface area contributed by atoms with Crippen molar-refractivity contribution in [2.45, 2.75) is 71.8 Å². The number of rotatable bonds is 10. The normalized spacial score (nSPS) is 14.0. The van der Waals surface area contributed by atoms with Crippen LogP contribution in [-0.2, 0) is 13.3 Å². The van der Waals surface area contributed by atoms with E-state index >= 15 is 0 Å². The zero-order valence-corrected chi connectivity index (χ0v) is 16.4. The summed E-state index contributed by atoms with van der Waals surface area (Å²) in [4.78, 5) is 0. The summed E-state index contributed by atoms with van der Waals surface area (Å²) >= 11 is 0. The van der Waals surface area contributed by atoms with E-state index in [2.05, 4.69) is 12.1 Å². The van der Waals surface area contributed by atoms with Gasteiger partial charge in [0.15, 0.2) is 0 Å². The summed E-state index contributed by atoms with van der Waals surface area (Å²) in [5, 5.41) is 0. The van der Waals surface area contributed by atoms with Crippen LogP contribution in [0.4, 0.5) is 0 Å². The molecule has 0 spiro atoms. The van der Waals surface area contributed by atoms with Crippen LogP contribution in [0.2, 0.25) is 0 Å². The summed E-state index contributed by atoms with van der Waals surface area (Å²) in [5.41, 5.74) is 7.13. The third kappa shape index (κ3) is 6.35. The molecule has 0 saturated heterocycles. The lowest BCUT2D eigenvalue weighted by Gasteiger charge is -2.40. The van der Waals surface area contributed by atoms with Gasteiger partial charge < -0.3 is 19.0 Å². The molecule has 0 heterocycles. The molecule has 23 heavy (non-hydrogen) atoms. The van der Waals surface area contributed by atoms with Crippen LogP contribution in [0.25, 0.3) is 0 Å². The molecular formula is C18H33NO3Si. The van der Waals surface area contributed by atoms with Crippen molar-refractivity contribution in [1.29, 1.82) is 0 Å². The van der Waals surface area contributed by atoms with E-state index < -0.39 is 8.80 Å². The van der Waals surface area contributed by atoms with Gasteiger partial charge in [-0.3, -0.25) is 0 Å². The van der Waals surface area contributed by atoms with E-state index in [4.69, 9.17) is 19.0 Å². The molecule has 0 amide bonds. The van der Waals surface area contributed by atoms with Crippen LogP contribution >= 0.6 is 0 Å². The summed E-state index contributed by atoms with van der Waals surface area (Å²) in [6, 6.07) is 10.3. The second-order valence-corrected chi connectivity index (χ2v) is 9.26. The Morgan fingerprint density at radius 2 is 1.26 bits per heavy atom. The standard InChI is InChI=1S/C18H33NO3Si/c1-14(2)20-23(21-15(3)4,22-16(5)6)18(12-13-19)17-10-8-7-9-11-17/h7-11,14-16,18H,12-13,19H2,1-6H3. The molecule has 0 fully saturated rings. The smallest absolute Gasteiger partial charge is 0.371 e. The molecule has 0 aliphatic rings. The van der Waals surface area contributed by atoms with Gasteiger partial charge in [-0.15, -0.1) is 0 Å². The molecule has 4 nitrogen and oxygen atoms in total. The monoisotopic (exact) mass is 339 g/mol. The zero-order valence-electron chi connectivity index (χ0n) is 15.4. The first-order valence-electron chi connectivity index (χ1n) is 8.59. The first-order chi connectivity index (χ1) is 10.8. The Hall–Kier alpha value is -0.723. The lowest BCUT2D eigenvalue weighted by Crippen LogP contribution is -2.56. The van der Waals surface area contributed by atoms with Crippen molar-refractivity contribution in [1.82, 2.24) is 0 Å². The first kappa shape index (κ1) is 20.3. The average molecular weight is 340 g/mol. The summed E-state index contributed by atoms with van der Waals surface area (Å²) in [6.45, 7) is 12.7. The maximum absolute atomic E-state index is 6.37. The third-order valence-electron chi connectivity index (χ3n) is 3.28. The van der Waals surface area contributed by atoms with Gasteiger partial charge in [0.05, 0.1) is 5.54 Å². The van der Waals surface area contributed by atoms with Crippen LogP contribution in [0.1, 0.15) is 59.1 Å². The van der Waals surface area contributed by atoms with Crippen molar-refractivity contribution in [2.75, 3.05) is 6.54 Å². The van der Waals surface area contributed by atoms with Gasteiger partial charge in [0.2, 0.25) is 0 Å². The summed E-state index contributed by atoms with van der Waals surface area (Å²) < 4.78 is 19.1. The van der Waals surface area contributed by atoms with E-state index in [0.717, 1.165) is 6.42 Å². The molecule has 1 aromatic rings. The van der Waals surface area contributed by atoms with Gasteiger partial charge in [-0.2, -0.15) is 0 Å². The number of hydrogen-bond donors (Lipinski definition) is 1. The molecule has 0 bridgehead atoms. The number of nitrogens with two attached hydrogens (primary N) is 1. The van der Waals surface area contributed by atoms with Gasteiger partial charge >= 0.3 is 8.80 Å². The van der Waals surface area contributed by atoms with Gasteiger partial charge in [-0.05, 0) is 60.1 Å². The molecule has 1 rings (SSSR count). The molecule has 0 radical (unpaired) electrons. The van der Waals surface area contributed by atoms with Crippen LogP contribution in [0.3, 0.4) is 0 Å². The van der Waals surface area contributed by atoms with E-state index in [1.807, 2.05) is 59.7 Å². The predicted molar refractivity (Wildman–Crippen MR) is 97.3 cm³/mol. The van der Waals surface area contributed by atoms with Gasteiger partial charge in [-0.25, -0.2) is 0 Å². The molecular weight excluding hydrogens is 306 g/mol. The second kappa shape index (κ2) is 9.54. The minimum atomic E-state index is -2.96. The van der Waals surface area contributed by atoms with Gasteiger partial charge in [0, 0.05) is 18.3 Å². The zero-order chi connectivity index (χ0) is 17.5. The summed E-state index contributed by atoms with van der Waals surface area (Å²) in [6.07, 6.45) is 0.872. The Morgan fingerprint density at radius 3 is 1.61 bits per heavy atom. The molecule has 0 aliphatic carbocycles. The average Bonchev–Trinajstić information content (AvgIpc) is 2.43. The summed E-state index contributed by atoms with van der Waals surface area (Å²) in [7, 11) is -2.96. The Bertz CT molecular complexity index is 411. The molecule has 1 unspecified atom stereocenters. The number of benzene rings is 1. The highest BCUT2D eigenvalue weighted by atomic mass is 28.4. The second-order valence-electron chi connectivity index (χ2n) is 6.64. The maximum Gasteiger partial charge on any atom is 0.509 e. The van der Waals surface area contributed by atoms with Crippen molar-refractivity contribution >= 4 is 8.80 Å². The quantitative estimate of drug-likeness (QED) is 0.657. The Balaban J connectivity index is 3.33. The predicted octanol–water partition coefficient (Wildman–Crippen LogP) is 3.87. The molecule has 132 valence electrons. The molecule has 2 N–H and O–H groups in total. The SMILES string of the molecule is CC(C)O[Si](OC(C)C)(OC(C)C)C(CCN)c1ccccc1. The van der Waals surface area contributed by atoms with Gasteiger partial charge in [0.25, 0.3) is 0 Å². The minimum absolute atomic E-state index is 0.0307. The van der Waals surface area contributed by atoms with Crippen LogP contribution in [0.5, 0.6) is 0 Å². The van der Waals surface area contributed by atoms with Crippen LogP contribution in [-0.4, -0.2) is 33.7 Å². The summed E-state index contributed by atoms with van der Waals surface area (Å²) in [5.74, 6) is 0. The highest BCUT2D eigenvalue weighted by Gasteiger charge is 2.52. The van der Waals surface area contributed by atoms with E-state index in [0.29, 0.717) is 6.54 Å². The molecule has 0 aromatic heterocycles. The van der Waals surface area contributed by atoms with E-state index in [1.54, 1.807) is 0 Å². The van der Waals surface area contributed by atoms with E-state index in [-0.39, 0.29) is 23.9 Å². The third-order valence-corrected chi connectivity index (χ3v) is 7.16. The van der Waals surface area contributed by atoms with Crippen molar-refractivity contribution < 1.29 is 13.3 Å². The molecule has 0 saturated carbocycles. The van der Waals surface area contributed by atoms with E-state index in [9.17, 15) is 0 Å². The van der Waals surface area contributed by atoms with Crippen LogP contribution in [0, 0.1) is 0 Å². The van der Waals surface area contributed by atoms with Gasteiger partial charge in [-0.1, -0.05) is 30.3 Å². The number of hydrogen-bond acceptors (Lipinski definition) is 4. The molecule has 1 aromatic carbocycles. The van der Waals surface area contributed by atoms with Crippen LogP contribution < -0.4 is 5.73 Å². The Morgan fingerprint density at radius 1 is 0.826 bits per heavy atom. The maximum atomic E-state index is 6.37. The fourth-order valence-corrected chi connectivity index (χ4v) is 6.47. The van der Waals surface area contributed by atoms with Crippen molar-refractivity contribution in [2.24, 2.45) is 5.73 Å². The molecule has 0 aliphatic heterocycles. The Labute approximate surface area is 142 Å². The van der Waals surface area contributed by atoms with Crippen molar-refractivity contribution in [3.05, 3.63) is 35.9 Å². The fourth-order valence-electron chi connectivity index (χ4n) is 2.71. The highest BCUT2D eigenvalue weighted by Crippen LogP contribution is 2.35. The van der Waals surface area contributed by atoms with Crippen molar-refractivity contribution in [3.63, 3.8) is 0 Å². The Kier molecular flexibility index (Phi) is 8.43. The fraction of sp³-hybridized carbons (Fsp3) is 0.667. The lowest BCUT2D eigenvalue weighted by atomic mass is 10.1. The molecule has 5 heteroatoms. The van der Waals surface area contributed by atoms with Gasteiger partial charge in [0.1, 0.15) is 0 Å². The minimum Gasteiger partial charge on any atom is -0.371 e. The largest absolute Gasteiger partial charge is 0.509 e. The molecule has 1 atom stereocenters. The first-order valence-corrected chi connectivity index (χ1v) is 10.4. The topological polar surface area (TPSA) is 53.7 Å². The van der Waals surface area contributed by atoms with E-state index in [1.165, 1.54) is 5.56 Å². The lowest BCUT2D eigenvalue weighted by molar-refractivity contribution is -0.00503. The van der Waals surface area contributed by atoms with Crippen LogP contribution in [0.15, 0.2) is 30.3 Å². The van der Waals surface area contributed by atoms with Crippen molar-refractivity contribution in [3.8, 4) is 0 Å².